The first-order chi connectivity index (χ1) is 17.1. The number of nitrogens with two attached hydrogens (primary N) is 1. The van der Waals surface area contributed by atoms with E-state index in [2.05, 4.69) is 15.0 Å². The highest BCUT2D eigenvalue weighted by Gasteiger charge is 2.15. The van der Waals surface area contributed by atoms with Crippen LogP contribution in [-0.2, 0) is 6.42 Å². The second-order valence-corrected chi connectivity index (χ2v) is 7.86. The Morgan fingerprint density at radius 3 is 2.82 bits per heavy atom. The van der Waals surface area contributed by atoms with Crippen LogP contribution in [0.1, 0.15) is 15.5 Å². The average Bonchev–Trinajstić information content (AvgIpc) is 3.17. The zero-order chi connectivity index (χ0) is 26.0. The molecule has 0 amide bonds. The van der Waals surface area contributed by atoms with Crippen LogP contribution in [0.15, 0.2) is 53.5 Å². The normalized spacial score (nSPS) is 13.0. The molecule has 0 fully saturated rings. The number of benzene rings is 2. The van der Waals surface area contributed by atoms with Gasteiger partial charge in [-0.15, -0.1) is 0 Å². The summed E-state index contributed by atoms with van der Waals surface area (Å²) in [6.07, 6.45) is 1.95. The molecule has 172 valence electrons. The minimum absolute atomic E-state index is 0.279. The van der Waals surface area contributed by atoms with Crippen molar-refractivity contribution >= 4 is 22.4 Å². The van der Waals surface area contributed by atoms with E-state index in [1.165, 1.54) is 9.47 Å². The lowest BCUT2D eigenvalue weighted by Crippen LogP contribution is -2.29. The van der Waals surface area contributed by atoms with Gasteiger partial charge in [0.2, 0.25) is 0 Å². The van der Waals surface area contributed by atoms with Gasteiger partial charge in [-0.05, 0) is 38.3 Å². The predicted octanol–water partition coefficient (Wildman–Crippen LogP) is 2.29. The number of nitrogen functional groups attached to an aromatic ring is 1. The van der Waals surface area contributed by atoms with E-state index in [1.807, 2.05) is 48.3 Å². The Balaban J connectivity index is 1.59. The Bertz CT molecular complexity index is 1430. The van der Waals surface area contributed by atoms with Crippen LogP contribution in [0.25, 0.3) is 16.9 Å². The molecular formula is C24H29N7O2. The number of ether oxygens (including phenoxy) is 1. The molecule has 4 aromatic rings. The highest BCUT2D eigenvalue weighted by atomic mass is 16.5. The Hall–Kier alpha value is -3.85. The minimum atomic E-state index is -2.15. The van der Waals surface area contributed by atoms with E-state index in [-0.39, 0.29) is 5.69 Å². The molecule has 0 aliphatic carbocycles. The van der Waals surface area contributed by atoms with Gasteiger partial charge in [0.15, 0.2) is 0 Å². The Morgan fingerprint density at radius 2 is 2.03 bits per heavy atom. The summed E-state index contributed by atoms with van der Waals surface area (Å²) >= 11 is 0. The summed E-state index contributed by atoms with van der Waals surface area (Å²) in [5, 5.41) is 0. The third kappa shape index (κ3) is 4.68. The molecule has 4 rings (SSSR count). The third-order valence-electron chi connectivity index (χ3n) is 5.47. The quantitative estimate of drug-likeness (QED) is 0.397. The second kappa shape index (κ2) is 9.33. The molecule has 0 aliphatic heterocycles. The molecule has 0 unspecified atom stereocenters. The van der Waals surface area contributed by atoms with Crippen molar-refractivity contribution in [3.8, 4) is 11.6 Å². The van der Waals surface area contributed by atoms with Gasteiger partial charge in [0, 0.05) is 48.5 Å². The second-order valence-electron chi connectivity index (χ2n) is 7.86. The van der Waals surface area contributed by atoms with Crippen molar-refractivity contribution in [2.75, 3.05) is 51.9 Å². The van der Waals surface area contributed by atoms with Crippen LogP contribution >= 0.6 is 0 Å². The number of rotatable bonds is 8. The fraction of sp³-hybridized carbons (Fsp3) is 0.292. The van der Waals surface area contributed by atoms with Crippen LogP contribution in [0, 0.1) is 0 Å². The molecule has 2 aromatic carbocycles. The molecule has 9 heteroatoms. The summed E-state index contributed by atoms with van der Waals surface area (Å²) in [5.74, 6) is 1.57. The van der Waals surface area contributed by atoms with E-state index in [0.717, 1.165) is 22.3 Å². The van der Waals surface area contributed by atoms with Gasteiger partial charge in [-0.25, -0.2) is 19.3 Å². The number of aromatic nitrogens is 4. The summed E-state index contributed by atoms with van der Waals surface area (Å²) in [4.78, 5) is 27.6. The van der Waals surface area contributed by atoms with E-state index < -0.39 is 6.98 Å². The first-order valence-corrected chi connectivity index (χ1v) is 10.5. The molecule has 0 spiro atoms. The highest BCUT2D eigenvalue weighted by molar-refractivity contribution is 5.76. The summed E-state index contributed by atoms with van der Waals surface area (Å²) in [6, 6.07) is 12.7. The number of hydrogen-bond acceptors (Lipinski definition) is 7. The maximum atomic E-state index is 12.6. The van der Waals surface area contributed by atoms with Crippen molar-refractivity contribution in [3.63, 3.8) is 0 Å². The number of aromatic amines is 1. The van der Waals surface area contributed by atoms with E-state index in [1.54, 1.807) is 26.4 Å². The van der Waals surface area contributed by atoms with Crippen LogP contribution < -0.4 is 21.1 Å². The standard InChI is InChI=1S/C24H29N7O2/c1-29(2)11-12-30(3)20-15-21(33-4)16(13-17(20)25)14-22-26-10-9-23(28-22)31-19-8-6-5-7-18(19)27-24(31)32/h5-10,13,15H,11-12,14,25H2,1-4H3,(H,27,32)/i1D3. The van der Waals surface area contributed by atoms with E-state index in [0.29, 0.717) is 42.6 Å². The fourth-order valence-electron chi connectivity index (χ4n) is 3.76. The monoisotopic (exact) mass is 450 g/mol. The highest BCUT2D eigenvalue weighted by Crippen LogP contribution is 2.32. The number of imidazole rings is 1. The maximum absolute atomic E-state index is 12.6. The van der Waals surface area contributed by atoms with Gasteiger partial charge in [0.1, 0.15) is 17.4 Å². The van der Waals surface area contributed by atoms with Crippen LogP contribution in [-0.4, -0.2) is 65.7 Å². The van der Waals surface area contributed by atoms with Gasteiger partial charge in [-0.3, -0.25) is 0 Å². The molecule has 2 aromatic heterocycles. The molecule has 0 aliphatic rings. The number of nitrogens with one attached hydrogen (secondary N) is 1. The van der Waals surface area contributed by atoms with Crippen molar-refractivity contribution in [3.05, 3.63) is 70.5 Å². The van der Waals surface area contributed by atoms with Crippen molar-refractivity contribution in [1.82, 2.24) is 24.4 Å². The summed E-state index contributed by atoms with van der Waals surface area (Å²) in [5.41, 5.74) is 9.58. The van der Waals surface area contributed by atoms with E-state index in [9.17, 15) is 4.79 Å². The number of methoxy groups -OCH3 is 1. The number of para-hydroxylation sites is 2. The number of H-pyrrole nitrogens is 1. The van der Waals surface area contributed by atoms with Gasteiger partial charge in [-0.1, -0.05) is 12.1 Å². The van der Waals surface area contributed by atoms with Crippen molar-refractivity contribution < 1.29 is 8.85 Å². The smallest absolute Gasteiger partial charge is 0.332 e. The largest absolute Gasteiger partial charge is 0.496 e. The molecule has 0 bridgehead atoms. The third-order valence-corrected chi connectivity index (χ3v) is 5.47. The lowest BCUT2D eigenvalue weighted by Gasteiger charge is -2.24. The lowest BCUT2D eigenvalue weighted by molar-refractivity contribution is 0.409. The summed E-state index contributed by atoms with van der Waals surface area (Å²) < 4.78 is 29.6. The molecule has 0 atom stereocenters. The van der Waals surface area contributed by atoms with Gasteiger partial charge < -0.3 is 25.3 Å². The Kier molecular flexibility index (Phi) is 5.29. The van der Waals surface area contributed by atoms with Crippen molar-refractivity contribution in [2.24, 2.45) is 0 Å². The van der Waals surface area contributed by atoms with Crippen molar-refractivity contribution in [1.29, 1.82) is 0 Å². The molecule has 0 saturated carbocycles. The van der Waals surface area contributed by atoms with Gasteiger partial charge in [-0.2, -0.15) is 0 Å². The van der Waals surface area contributed by atoms with Crippen LogP contribution in [0.5, 0.6) is 5.75 Å². The number of nitrogens with zero attached hydrogens (tertiary/aromatic N) is 5. The number of likely N-dealkylation sites (N-methyl/N-ethyl adjacent to an activating group) is 2. The topological polar surface area (TPSA) is 105 Å². The molecule has 3 N–H and O–H groups in total. The Labute approximate surface area is 196 Å². The Morgan fingerprint density at radius 1 is 1.21 bits per heavy atom. The lowest BCUT2D eigenvalue weighted by atomic mass is 10.1. The summed E-state index contributed by atoms with van der Waals surface area (Å²) in [6.45, 7) is -1.35. The number of fused-ring (bicyclic) bond motifs is 1. The first kappa shape index (κ1) is 18.7. The molecule has 2 heterocycles. The molecule has 33 heavy (non-hydrogen) atoms. The maximum Gasteiger partial charge on any atom is 0.332 e. The SMILES string of the molecule is [2H]C([2H])([2H])N(C)CCN(C)c1cc(OC)c(Cc2nccc(-n3c(=O)[nH]c4ccccc43)n2)cc1N. The average molecular weight is 451 g/mol. The minimum Gasteiger partial charge on any atom is -0.496 e. The first-order valence-electron chi connectivity index (χ1n) is 12.0. The van der Waals surface area contributed by atoms with Gasteiger partial charge >= 0.3 is 5.69 Å². The molecule has 0 saturated heterocycles. The van der Waals surface area contributed by atoms with E-state index in [4.69, 9.17) is 14.6 Å². The summed E-state index contributed by atoms with van der Waals surface area (Å²) in [7, 11) is 4.99. The number of anilines is 2. The van der Waals surface area contributed by atoms with E-state index >= 15 is 0 Å². The van der Waals surface area contributed by atoms with Gasteiger partial charge in [0.05, 0.1) is 29.5 Å². The van der Waals surface area contributed by atoms with Gasteiger partial charge in [0.25, 0.3) is 0 Å². The number of hydrogen-bond donors (Lipinski definition) is 2. The predicted molar refractivity (Wildman–Crippen MR) is 132 cm³/mol. The molecular weight excluding hydrogens is 418 g/mol. The fourth-order valence-corrected chi connectivity index (χ4v) is 3.76. The van der Waals surface area contributed by atoms with Crippen LogP contribution in [0.2, 0.25) is 0 Å². The molecule has 9 nitrogen and oxygen atoms in total. The van der Waals surface area contributed by atoms with Crippen LogP contribution in [0.3, 0.4) is 0 Å². The van der Waals surface area contributed by atoms with Crippen molar-refractivity contribution in [2.45, 2.75) is 6.42 Å². The molecule has 0 radical (unpaired) electrons. The van der Waals surface area contributed by atoms with Crippen LogP contribution in [0.4, 0.5) is 11.4 Å². The zero-order valence-corrected chi connectivity index (χ0v) is 18.9. The zero-order valence-electron chi connectivity index (χ0n) is 21.9.